The Morgan fingerprint density at radius 3 is 2.63 bits per heavy atom. The number of urea groups is 1. The lowest BCUT2D eigenvalue weighted by Crippen LogP contribution is -2.60. The number of imide groups is 1. The van der Waals surface area contributed by atoms with Crippen LogP contribution in [0.3, 0.4) is 0 Å². The molecule has 0 bridgehead atoms. The Balaban J connectivity index is 1.95. The Kier molecular flexibility index (Phi) is 2.97. The van der Waals surface area contributed by atoms with Crippen molar-refractivity contribution < 1.29 is 14.0 Å². The smallest absolute Gasteiger partial charge is 0.320 e. The number of nitrogens with zero attached hydrogens (tertiary/aromatic N) is 1. The molecule has 3 rings (SSSR count). The van der Waals surface area contributed by atoms with Gasteiger partial charge in [0.15, 0.2) is 0 Å². The average Bonchev–Trinajstić information content (AvgIpc) is 2.41. The van der Waals surface area contributed by atoms with Crippen LogP contribution in [-0.4, -0.2) is 29.4 Å². The second-order valence-electron chi connectivity index (χ2n) is 5.08. The Labute approximate surface area is 110 Å². The van der Waals surface area contributed by atoms with E-state index < -0.39 is 5.92 Å². The molecule has 2 fully saturated rings. The van der Waals surface area contributed by atoms with E-state index in [0.29, 0.717) is 6.54 Å². The molecule has 2 aliphatic heterocycles. The number of halogens is 1. The fourth-order valence-electron chi connectivity index (χ4n) is 3.03. The quantitative estimate of drug-likeness (QED) is 0.841. The summed E-state index contributed by atoms with van der Waals surface area (Å²) in [5.74, 6) is -0.991. The van der Waals surface area contributed by atoms with Crippen LogP contribution in [0.15, 0.2) is 24.3 Å². The summed E-state index contributed by atoms with van der Waals surface area (Å²) in [6, 6.07) is 5.57. The van der Waals surface area contributed by atoms with Crippen LogP contribution in [0.25, 0.3) is 0 Å². The number of hydrogen-bond acceptors (Lipinski definition) is 2. The summed E-state index contributed by atoms with van der Waals surface area (Å²) in [5.41, 5.74) is 0.767. The second-order valence-corrected chi connectivity index (χ2v) is 5.08. The molecule has 2 aliphatic rings. The molecule has 5 heteroatoms. The Morgan fingerprint density at radius 1 is 1.16 bits per heavy atom. The average molecular weight is 262 g/mol. The van der Waals surface area contributed by atoms with Crippen molar-refractivity contribution in [2.75, 3.05) is 6.54 Å². The predicted molar refractivity (Wildman–Crippen MR) is 67.0 cm³/mol. The zero-order valence-electron chi connectivity index (χ0n) is 10.4. The highest BCUT2D eigenvalue weighted by Gasteiger charge is 2.42. The van der Waals surface area contributed by atoms with Crippen LogP contribution in [0.1, 0.15) is 30.7 Å². The van der Waals surface area contributed by atoms with Gasteiger partial charge in [-0.2, -0.15) is 0 Å². The molecule has 100 valence electrons. The molecule has 1 aromatic carbocycles. The summed E-state index contributed by atoms with van der Waals surface area (Å²) in [6.07, 6.45) is 2.80. The molecule has 19 heavy (non-hydrogen) atoms. The van der Waals surface area contributed by atoms with E-state index >= 15 is 0 Å². The first kappa shape index (κ1) is 12.1. The maximum atomic E-state index is 13.0. The minimum Gasteiger partial charge on any atom is -0.320 e. The summed E-state index contributed by atoms with van der Waals surface area (Å²) < 4.78 is 13.0. The van der Waals surface area contributed by atoms with Gasteiger partial charge in [0.25, 0.3) is 0 Å². The molecule has 4 nitrogen and oxygen atoms in total. The first-order valence-corrected chi connectivity index (χ1v) is 6.54. The van der Waals surface area contributed by atoms with Crippen molar-refractivity contribution in [3.8, 4) is 0 Å². The first-order valence-electron chi connectivity index (χ1n) is 6.54. The molecule has 0 saturated carbocycles. The van der Waals surface area contributed by atoms with Crippen molar-refractivity contribution >= 4 is 11.9 Å². The minimum atomic E-state index is -0.390. The highest BCUT2D eigenvalue weighted by atomic mass is 19.1. The van der Waals surface area contributed by atoms with Gasteiger partial charge in [0.1, 0.15) is 5.82 Å². The number of nitrogens with one attached hydrogen (secondary N) is 1. The van der Waals surface area contributed by atoms with Crippen molar-refractivity contribution in [1.82, 2.24) is 10.2 Å². The Hall–Kier alpha value is -1.91. The van der Waals surface area contributed by atoms with Gasteiger partial charge in [-0.25, -0.2) is 9.18 Å². The Bertz CT molecular complexity index is 515. The largest absolute Gasteiger partial charge is 0.324 e. The van der Waals surface area contributed by atoms with E-state index in [1.165, 1.54) is 12.1 Å². The molecule has 0 radical (unpaired) electrons. The molecule has 0 aliphatic carbocycles. The number of amides is 3. The number of rotatable bonds is 1. The van der Waals surface area contributed by atoms with E-state index in [1.807, 2.05) is 0 Å². The van der Waals surface area contributed by atoms with E-state index in [-0.39, 0.29) is 23.8 Å². The summed E-state index contributed by atoms with van der Waals surface area (Å²) in [6.45, 7) is 0.682. The van der Waals surface area contributed by atoms with Gasteiger partial charge in [0, 0.05) is 12.6 Å². The van der Waals surface area contributed by atoms with Crippen LogP contribution in [0.5, 0.6) is 0 Å². The normalized spacial score (nSPS) is 26.9. The molecule has 1 aromatic rings. The predicted octanol–water partition coefficient (Wildman–Crippen LogP) is 2.01. The van der Waals surface area contributed by atoms with Crippen molar-refractivity contribution in [3.05, 3.63) is 35.6 Å². The fraction of sp³-hybridized carbons (Fsp3) is 0.429. The monoisotopic (exact) mass is 262 g/mol. The van der Waals surface area contributed by atoms with Crippen LogP contribution in [0.4, 0.5) is 9.18 Å². The summed E-state index contributed by atoms with van der Waals surface area (Å²) in [5, 5.41) is 2.40. The minimum absolute atomic E-state index is 0.0968. The number of fused-ring (bicyclic) bond motifs is 1. The van der Waals surface area contributed by atoms with Gasteiger partial charge in [-0.3, -0.25) is 10.1 Å². The molecule has 2 atom stereocenters. The molecule has 2 saturated heterocycles. The van der Waals surface area contributed by atoms with E-state index in [1.54, 1.807) is 17.0 Å². The zero-order chi connectivity index (χ0) is 13.4. The molecule has 1 N–H and O–H groups in total. The number of carbonyl (C=O) groups excluding carboxylic acids is 2. The van der Waals surface area contributed by atoms with Crippen molar-refractivity contribution in [3.63, 3.8) is 0 Å². The van der Waals surface area contributed by atoms with Gasteiger partial charge in [-0.05, 0) is 37.0 Å². The number of piperidine rings is 1. The lowest BCUT2D eigenvalue weighted by atomic mass is 9.83. The van der Waals surface area contributed by atoms with Gasteiger partial charge >= 0.3 is 6.03 Å². The third-order valence-corrected chi connectivity index (χ3v) is 3.94. The standard InChI is InChI=1S/C14H15FN2O2/c15-10-6-4-9(5-7-10)12-11-3-1-2-8-17(11)14(19)16-13(12)18/h4-7,11-12H,1-3,8H2,(H,16,18,19)/t11-,12-/m1/s1. The highest BCUT2D eigenvalue weighted by molar-refractivity contribution is 6.01. The molecule has 0 unspecified atom stereocenters. The SMILES string of the molecule is O=C1NC(=O)N2CCCC[C@@H]2[C@H]1c1ccc(F)cc1. The van der Waals surface area contributed by atoms with Crippen LogP contribution < -0.4 is 5.32 Å². The first-order chi connectivity index (χ1) is 9.16. The van der Waals surface area contributed by atoms with Gasteiger partial charge < -0.3 is 4.90 Å². The topological polar surface area (TPSA) is 49.4 Å². The van der Waals surface area contributed by atoms with Gasteiger partial charge in [0.05, 0.1) is 5.92 Å². The summed E-state index contributed by atoms with van der Waals surface area (Å²) in [4.78, 5) is 25.6. The second kappa shape index (κ2) is 4.64. The molecular weight excluding hydrogens is 247 g/mol. The van der Waals surface area contributed by atoms with Crippen molar-refractivity contribution in [2.45, 2.75) is 31.2 Å². The van der Waals surface area contributed by atoms with E-state index in [0.717, 1.165) is 24.8 Å². The third-order valence-electron chi connectivity index (χ3n) is 3.94. The maximum Gasteiger partial charge on any atom is 0.324 e. The molecule has 0 spiro atoms. The third kappa shape index (κ3) is 2.09. The summed E-state index contributed by atoms with van der Waals surface area (Å²) in [7, 11) is 0. The fourth-order valence-corrected chi connectivity index (χ4v) is 3.03. The molecular formula is C14H15FN2O2. The van der Waals surface area contributed by atoms with E-state index in [9.17, 15) is 14.0 Å². The molecule has 3 amide bonds. The van der Waals surface area contributed by atoms with Crippen molar-refractivity contribution in [2.24, 2.45) is 0 Å². The van der Waals surface area contributed by atoms with Crippen LogP contribution >= 0.6 is 0 Å². The zero-order valence-corrected chi connectivity index (χ0v) is 10.4. The Morgan fingerprint density at radius 2 is 1.89 bits per heavy atom. The molecule has 0 aromatic heterocycles. The number of hydrogen-bond donors (Lipinski definition) is 1. The van der Waals surface area contributed by atoms with E-state index in [4.69, 9.17) is 0 Å². The lowest BCUT2D eigenvalue weighted by molar-refractivity contribution is -0.125. The van der Waals surface area contributed by atoms with Gasteiger partial charge in [0.2, 0.25) is 5.91 Å². The summed E-state index contributed by atoms with van der Waals surface area (Å²) >= 11 is 0. The highest BCUT2D eigenvalue weighted by Crippen LogP contribution is 2.33. The van der Waals surface area contributed by atoms with Crippen molar-refractivity contribution in [1.29, 1.82) is 0 Å². The molecule has 2 heterocycles. The van der Waals surface area contributed by atoms with Crippen LogP contribution in [0, 0.1) is 5.82 Å². The van der Waals surface area contributed by atoms with Crippen LogP contribution in [0.2, 0.25) is 0 Å². The van der Waals surface area contributed by atoms with Gasteiger partial charge in [-0.15, -0.1) is 0 Å². The van der Waals surface area contributed by atoms with E-state index in [2.05, 4.69) is 5.32 Å². The van der Waals surface area contributed by atoms with Gasteiger partial charge in [-0.1, -0.05) is 12.1 Å². The number of benzene rings is 1. The lowest BCUT2D eigenvalue weighted by Gasteiger charge is -2.43. The van der Waals surface area contributed by atoms with Crippen LogP contribution in [-0.2, 0) is 4.79 Å². The maximum absolute atomic E-state index is 13.0. The number of carbonyl (C=O) groups is 2.